The van der Waals surface area contributed by atoms with Crippen LogP contribution in [0.2, 0.25) is 10.3 Å². The average molecular weight is 441 g/mol. The van der Waals surface area contributed by atoms with Crippen LogP contribution < -0.4 is 11.5 Å². The van der Waals surface area contributed by atoms with Crippen molar-refractivity contribution in [2.24, 2.45) is 5.92 Å². The number of rotatable bonds is 4. The molecule has 0 bridgehead atoms. The van der Waals surface area contributed by atoms with Gasteiger partial charge in [-0.2, -0.15) is 4.98 Å². The highest BCUT2D eigenvalue weighted by Crippen LogP contribution is 2.39. The Hall–Kier alpha value is -2.57. The second kappa shape index (κ2) is 7.60. The van der Waals surface area contributed by atoms with Crippen LogP contribution in [0.25, 0.3) is 21.9 Å². The summed E-state index contributed by atoms with van der Waals surface area (Å²) in [7, 11) is 0. The molecule has 6 nitrogen and oxygen atoms in total. The fraction of sp³-hybridized carbons (Fsp3) is 0.318. The van der Waals surface area contributed by atoms with E-state index in [4.69, 9.17) is 34.7 Å². The van der Waals surface area contributed by atoms with E-state index in [9.17, 15) is 0 Å². The molecule has 30 heavy (non-hydrogen) atoms. The van der Waals surface area contributed by atoms with Crippen molar-refractivity contribution >= 4 is 56.8 Å². The van der Waals surface area contributed by atoms with Crippen LogP contribution in [0.5, 0.6) is 0 Å². The highest BCUT2D eigenvalue weighted by atomic mass is 35.5. The Morgan fingerprint density at radius 3 is 2.73 bits per heavy atom. The van der Waals surface area contributed by atoms with Gasteiger partial charge in [0.05, 0.1) is 15.9 Å². The maximum Gasteiger partial charge on any atom is 0.226 e. The molecule has 1 aromatic carbocycles. The smallest absolute Gasteiger partial charge is 0.226 e. The van der Waals surface area contributed by atoms with Crippen LogP contribution in [0.1, 0.15) is 37.3 Å². The predicted molar refractivity (Wildman–Crippen MR) is 123 cm³/mol. The molecule has 4 N–H and O–H groups in total. The van der Waals surface area contributed by atoms with E-state index in [-0.39, 0.29) is 5.28 Å². The Kier molecular flexibility index (Phi) is 4.91. The Morgan fingerprint density at radius 2 is 1.87 bits per heavy atom. The van der Waals surface area contributed by atoms with Crippen molar-refractivity contribution in [1.82, 2.24) is 19.5 Å². The summed E-state index contributed by atoms with van der Waals surface area (Å²) in [4.78, 5) is 12.9. The monoisotopic (exact) mass is 440 g/mol. The molecule has 1 fully saturated rings. The third-order valence-electron chi connectivity index (χ3n) is 6.18. The van der Waals surface area contributed by atoms with Crippen LogP contribution >= 0.6 is 23.2 Å². The van der Waals surface area contributed by atoms with Gasteiger partial charge in [-0.1, -0.05) is 23.7 Å². The summed E-state index contributed by atoms with van der Waals surface area (Å²) < 4.78 is 2.21. The molecule has 5 rings (SSSR count). The Morgan fingerprint density at radius 1 is 1.00 bits per heavy atom. The Bertz CT molecular complexity index is 1250. The quantitative estimate of drug-likeness (QED) is 0.412. The van der Waals surface area contributed by atoms with Gasteiger partial charge in [-0.05, 0) is 73.4 Å². The van der Waals surface area contributed by atoms with Crippen molar-refractivity contribution in [2.45, 2.75) is 38.1 Å². The van der Waals surface area contributed by atoms with Gasteiger partial charge < -0.3 is 16.0 Å². The fourth-order valence-corrected chi connectivity index (χ4v) is 4.95. The molecule has 0 amide bonds. The van der Waals surface area contributed by atoms with Gasteiger partial charge in [0, 0.05) is 17.6 Å². The summed E-state index contributed by atoms with van der Waals surface area (Å²) in [6, 6.07) is 10.6. The Balaban J connectivity index is 1.28. The van der Waals surface area contributed by atoms with Crippen molar-refractivity contribution in [3.63, 3.8) is 0 Å². The third-order valence-corrected chi connectivity index (χ3v) is 6.66. The van der Waals surface area contributed by atoms with Crippen LogP contribution in [0.3, 0.4) is 0 Å². The molecule has 1 aliphatic carbocycles. The van der Waals surface area contributed by atoms with E-state index in [0.717, 1.165) is 47.6 Å². The number of halogens is 2. The molecule has 4 aromatic rings. The van der Waals surface area contributed by atoms with E-state index in [2.05, 4.69) is 43.9 Å². The molecular weight excluding hydrogens is 419 g/mol. The zero-order valence-corrected chi connectivity index (χ0v) is 17.9. The van der Waals surface area contributed by atoms with Crippen LogP contribution in [0, 0.1) is 5.92 Å². The first kappa shape index (κ1) is 19.4. The summed E-state index contributed by atoms with van der Waals surface area (Å²) in [5.74, 6) is 1.48. The number of hydrogen-bond acceptors (Lipinski definition) is 5. The first-order valence-corrected chi connectivity index (χ1v) is 10.9. The number of nitrogens with zero attached hydrogens (tertiary/aromatic N) is 4. The average Bonchev–Trinajstić information content (AvgIpc) is 3.34. The van der Waals surface area contributed by atoms with E-state index < -0.39 is 0 Å². The molecule has 154 valence electrons. The maximum atomic E-state index is 6.07. The van der Waals surface area contributed by atoms with Crippen molar-refractivity contribution < 1.29 is 0 Å². The normalized spacial score (nSPS) is 19.1. The minimum absolute atomic E-state index is 0.196. The number of anilines is 2. The SMILES string of the molecule is Nc1nc2cc(CCC3CC[C@H](n4ccc5c(N)nc(Cl)nc54)C3)ccc2cc1Cl. The largest absolute Gasteiger partial charge is 0.383 e. The van der Waals surface area contributed by atoms with E-state index in [1.54, 1.807) is 0 Å². The van der Waals surface area contributed by atoms with E-state index >= 15 is 0 Å². The third kappa shape index (κ3) is 3.55. The number of aryl methyl sites for hydroxylation is 1. The van der Waals surface area contributed by atoms with Crippen LogP contribution in [-0.4, -0.2) is 19.5 Å². The van der Waals surface area contributed by atoms with E-state index in [0.29, 0.717) is 28.6 Å². The summed E-state index contributed by atoms with van der Waals surface area (Å²) >= 11 is 12.1. The highest BCUT2D eigenvalue weighted by Gasteiger charge is 2.27. The van der Waals surface area contributed by atoms with Gasteiger partial charge in [0.2, 0.25) is 5.28 Å². The molecule has 8 heteroatoms. The number of benzene rings is 1. The van der Waals surface area contributed by atoms with Gasteiger partial charge in [-0.15, -0.1) is 0 Å². The Labute approximate surface area is 184 Å². The molecule has 0 saturated heterocycles. The lowest BCUT2D eigenvalue weighted by atomic mass is 9.97. The van der Waals surface area contributed by atoms with E-state index in [1.165, 1.54) is 12.0 Å². The molecule has 1 saturated carbocycles. The first-order valence-electron chi connectivity index (χ1n) is 10.1. The van der Waals surface area contributed by atoms with Gasteiger partial charge in [0.25, 0.3) is 0 Å². The standard InChI is InChI=1S/C22H22Cl2N6/c23-17-11-14-5-3-13(10-18(14)27-20(17)26)2-1-12-4-6-15(9-12)30-8-7-16-19(25)28-22(24)29-21(16)30/h3,5,7-8,10-12,15H,1-2,4,6,9H2,(H2,26,27)(H2,25,28,29)/t12?,15-/m0/s1. The zero-order chi connectivity index (χ0) is 20.8. The number of nitrogen functional groups attached to an aromatic ring is 2. The lowest BCUT2D eigenvalue weighted by molar-refractivity contribution is 0.461. The van der Waals surface area contributed by atoms with Crippen LogP contribution in [-0.2, 0) is 6.42 Å². The molecule has 1 aliphatic rings. The van der Waals surface area contributed by atoms with Crippen molar-refractivity contribution in [3.05, 3.63) is 52.4 Å². The lowest BCUT2D eigenvalue weighted by Gasteiger charge is -2.15. The molecule has 0 spiro atoms. The zero-order valence-electron chi connectivity index (χ0n) is 16.4. The summed E-state index contributed by atoms with van der Waals surface area (Å²) in [6.45, 7) is 0. The second-order valence-electron chi connectivity index (χ2n) is 8.09. The lowest BCUT2D eigenvalue weighted by Crippen LogP contribution is -2.06. The molecule has 0 radical (unpaired) electrons. The minimum Gasteiger partial charge on any atom is -0.383 e. The van der Waals surface area contributed by atoms with E-state index in [1.807, 2.05) is 12.1 Å². The number of pyridine rings is 1. The van der Waals surface area contributed by atoms with Gasteiger partial charge >= 0.3 is 0 Å². The molecule has 0 aliphatic heterocycles. The molecule has 1 unspecified atom stereocenters. The molecule has 3 heterocycles. The highest BCUT2D eigenvalue weighted by molar-refractivity contribution is 6.33. The van der Waals surface area contributed by atoms with Gasteiger partial charge in [0.1, 0.15) is 17.3 Å². The molecular formula is C22H22Cl2N6. The number of fused-ring (bicyclic) bond motifs is 2. The topological polar surface area (TPSA) is 95.6 Å². The number of hydrogen-bond donors (Lipinski definition) is 2. The number of nitrogens with two attached hydrogens (primary N) is 2. The summed E-state index contributed by atoms with van der Waals surface area (Å²) in [6.07, 6.45) is 7.67. The van der Waals surface area contributed by atoms with Crippen LogP contribution in [0.4, 0.5) is 11.6 Å². The second-order valence-corrected chi connectivity index (χ2v) is 8.84. The fourth-order valence-electron chi connectivity index (χ4n) is 4.62. The maximum absolute atomic E-state index is 6.07. The molecule has 2 atom stereocenters. The summed E-state index contributed by atoms with van der Waals surface area (Å²) in [5.41, 5.74) is 14.9. The predicted octanol–water partition coefficient (Wildman–Crippen LogP) is 5.42. The molecule has 3 aromatic heterocycles. The van der Waals surface area contributed by atoms with Crippen molar-refractivity contribution in [1.29, 1.82) is 0 Å². The van der Waals surface area contributed by atoms with Crippen molar-refractivity contribution in [2.75, 3.05) is 11.5 Å². The van der Waals surface area contributed by atoms with Gasteiger partial charge in [-0.25, -0.2) is 9.97 Å². The summed E-state index contributed by atoms with van der Waals surface area (Å²) in [5, 5.41) is 2.57. The first-order chi connectivity index (χ1) is 14.5. The van der Waals surface area contributed by atoms with Gasteiger partial charge in [-0.3, -0.25) is 0 Å². The minimum atomic E-state index is 0.196. The number of aromatic nitrogens is 4. The van der Waals surface area contributed by atoms with Crippen LogP contribution in [0.15, 0.2) is 36.5 Å². The van der Waals surface area contributed by atoms with Gasteiger partial charge in [0.15, 0.2) is 0 Å². The van der Waals surface area contributed by atoms with Crippen molar-refractivity contribution in [3.8, 4) is 0 Å².